The molecule has 1 aromatic heterocycles. The van der Waals surface area contributed by atoms with Gasteiger partial charge in [-0.05, 0) is 38.1 Å². The third kappa shape index (κ3) is 2.82. The fourth-order valence-corrected chi connectivity index (χ4v) is 3.48. The molecule has 0 saturated carbocycles. The maximum Gasteiger partial charge on any atom is 0.188 e. The maximum absolute atomic E-state index is 12.3. The number of ether oxygens (including phenoxy) is 1. The fraction of sp³-hybridized carbons (Fsp3) is 0.294. The van der Waals surface area contributed by atoms with Crippen LogP contribution in [-0.4, -0.2) is 35.4 Å². The Morgan fingerprint density at radius 2 is 2.00 bits per heavy atom. The average molecular weight is 329 g/mol. The summed E-state index contributed by atoms with van der Waals surface area (Å²) in [7, 11) is 1.64. The number of ketones is 1. The summed E-state index contributed by atoms with van der Waals surface area (Å²) in [5, 5.41) is 2.63. The number of hydrogen-bond acceptors (Lipinski definition) is 6. The van der Waals surface area contributed by atoms with Crippen LogP contribution in [-0.2, 0) is 4.79 Å². The van der Waals surface area contributed by atoms with Gasteiger partial charge in [-0.2, -0.15) is 0 Å². The van der Waals surface area contributed by atoms with Gasteiger partial charge in [-0.1, -0.05) is 0 Å². The van der Waals surface area contributed by atoms with Crippen molar-refractivity contribution in [3.63, 3.8) is 0 Å². The van der Waals surface area contributed by atoms with Gasteiger partial charge in [0.05, 0.1) is 24.9 Å². The Hall–Kier alpha value is -2.34. The topological polar surface area (TPSA) is 68.5 Å². The first kappa shape index (κ1) is 15.6. The van der Waals surface area contributed by atoms with Crippen molar-refractivity contribution in [2.45, 2.75) is 19.9 Å². The number of methoxy groups -OCH3 is 1. The van der Waals surface area contributed by atoms with Gasteiger partial charge in [-0.3, -0.25) is 4.79 Å². The van der Waals surface area contributed by atoms with E-state index in [2.05, 4.69) is 4.98 Å². The van der Waals surface area contributed by atoms with Crippen molar-refractivity contribution in [1.82, 2.24) is 9.88 Å². The summed E-state index contributed by atoms with van der Waals surface area (Å²) in [6, 6.07) is 7.88. The molecular formula is C17H19N3O2S. The molecule has 1 aliphatic heterocycles. The zero-order valence-electron chi connectivity index (χ0n) is 13.4. The molecule has 2 aromatic rings. The number of aromatic nitrogens is 1. The lowest BCUT2D eigenvalue weighted by atomic mass is 10.1. The first-order valence-corrected chi connectivity index (χ1v) is 8.29. The summed E-state index contributed by atoms with van der Waals surface area (Å²) in [5.74, 6) is 1.36. The molecule has 0 fully saturated rings. The van der Waals surface area contributed by atoms with E-state index >= 15 is 0 Å². The highest BCUT2D eigenvalue weighted by Crippen LogP contribution is 2.32. The van der Waals surface area contributed by atoms with Crippen molar-refractivity contribution in [1.29, 1.82) is 0 Å². The number of rotatable bonds is 4. The maximum atomic E-state index is 12.3. The molecule has 23 heavy (non-hydrogen) atoms. The Balaban J connectivity index is 1.93. The molecule has 6 heteroatoms. The van der Waals surface area contributed by atoms with Gasteiger partial charge in [0, 0.05) is 17.0 Å². The van der Waals surface area contributed by atoms with Crippen molar-refractivity contribution in [2.75, 3.05) is 13.7 Å². The van der Waals surface area contributed by atoms with Crippen LogP contribution in [0.3, 0.4) is 0 Å². The monoisotopic (exact) mass is 329 g/mol. The molecule has 0 amide bonds. The average Bonchev–Trinajstić information content (AvgIpc) is 3.12. The number of nitrogens with zero attached hydrogens (tertiary/aromatic N) is 2. The molecule has 3 rings (SSSR count). The SMILES string of the molecule is COc1ccc(-c2csc(C3=C(N)N(C(C)C)CC3=O)n2)cc1. The normalized spacial score (nSPS) is 15.0. The Labute approximate surface area is 139 Å². The van der Waals surface area contributed by atoms with Crippen molar-refractivity contribution in [3.8, 4) is 17.0 Å². The molecule has 0 bridgehead atoms. The number of hydrogen-bond donors (Lipinski definition) is 1. The van der Waals surface area contributed by atoms with Crippen LogP contribution in [0.15, 0.2) is 35.5 Å². The Morgan fingerprint density at radius 3 is 2.57 bits per heavy atom. The van der Waals surface area contributed by atoms with Crippen LogP contribution in [0.2, 0.25) is 0 Å². The molecule has 1 aliphatic rings. The second-order valence-electron chi connectivity index (χ2n) is 5.67. The number of nitrogens with two attached hydrogens (primary N) is 1. The van der Waals surface area contributed by atoms with E-state index in [1.807, 2.05) is 48.4 Å². The molecule has 0 unspecified atom stereocenters. The van der Waals surface area contributed by atoms with E-state index in [0.29, 0.717) is 22.9 Å². The summed E-state index contributed by atoms with van der Waals surface area (Å²) in [5.41, 5.74) is 8.53. The highest BCUT2D eigenvalue weighted by Gasteiger charge is 2.32. The standard InChI is InChI=1S/C17H19N3O2S/c1-10(2)20-8-14(21)15(16(20)18)17-19-13(9-23-17)11-4-6-12(22-3)7-5-11/h4-7,9-10H,8,18H2,1-3H3. The van der Waals surface area contributed by atoms with Gasteiger partial charge >= 0.3 is 0 Å². The van der Waals surface area contributed by atoms with Gasteiger partial charge in [0.25, 0.3) is 0 Å². The van der Waals surface area contributed by atoms with Gasteiger partial charge in [0.15, 0.2) is 5.78 Å². The van der Waals surface area contributed by atoms with E-state index in [4.69, 9.17) is 10.5 Å². The Morgan fingerprint density at radius 1 is 1.30 bits per heavy atom. The second-order valence-corrected chi connectivity index (χ2v) is 6.53. The molecule has 0 aliphatic carbocycles. The largest absolute Gasteiger partial charge is 0.497 e. The van der Waals surface area contributed by atoms with Crippen LogP contribution in [0.4, 0.5) is 0 Å². The zero-order chi connectivity index (χ0) is 16.6. The first-order chi connectivity index (χ1) is 11.0. The lowest BCUT2D eigenvalue weighted by Gasteiger charge is -2.22. The summed E-state index contributed by atoms with van der Waals surface area (Å²) >= 11 is 1.45. The van der Waals surface area contributed by atoms with Crippen LogP contribution in [0.5, 0.6) is 5.75 Å². The van der Waals surface area contributed by atoms with Crippen molar-refractivity contribution < 1.29 is 9.53 Å². The zero-order valence-corrected chi connectivity index (χ0v) is 14.2. The van der Waals surface area contributed by atoms with Crippen LogP contribution in [0.25, 0.3) is 16.8 Å². The predicted molar refractivity (Wildman–Crippen MR) is 92.1 cm³/mol. The van der Waals surface area contributed by atoms with Crippen LogP contribution in [0.1, 0.15) is 18.9 Å². The molecule has 1 aromatic carbocycles. The molecule has 5 nitrogen and oxygen atoms in total. The molecule has 0 saturated heterocycles. The van der Waals surface area contributed by atoms with Crippen molar-refractivity contribution in [2.24, 2.45) is 5.73 Å². The number of benzene rings is 1. The first-order valence-electron chi connectivity index (χ1n) is 7.41. The fourth-order valence-electron chi connectivity index (χ4n) is 2.58. The quantitative estimate of drug-likeness (QED) is 0.934. The van der Waals surface area contributed by atoms with E-state index in [9.17, 15) is 4.79 Å². The minimum atomic E-state index is 0.0341. The van der Waals surface area contributed by atoms with E-state index in [1.165, 1.54) is 11.3 Å². The minimum Gasteiger partial charge on any atom is -0.497 e. The van der Waals surface area contributed by atoms with E-state index in [1.54, 1.807) is 7.11 Å². The third-order valence-electron chi connectivity index (χ3n) is 3.89. The summed E-state index contributed by atoms with van der Waals surface area (Å²) in [4.78, 5) is 18.8. The van der Waals surface area contributed by atoms with Crippen LogP contribution in [0, 0.1) is 0 Å². The predicted octanol–water partition coefficient (Wildman–Crippen LogP) is 2.74. The third-order valence-corrected chi connectivity index (χ3v) is 4.75. The van der Waals surface area contributed by atoms with E-state index in [0.717, 1.165) is 17.0 Å². The number of carbonyl (C=O) groups excluding carboxylic acids is 1. The Bertz CT molecular complexity index is 762. The van der Waals surface area contributed by atoms with Gasteiger partial charge < -0.3 is 15.4 Å². The molecule has 0 spiro atoms. The van der Waals surface area contributed by atoms with E-state index < -0.39 is 0 Å². The molecule has 2 N–H and O–H groups in total. The molecule has 2 heterocycles. The Kier molecular flexibility index (Phi) is 4.09. The van der Waals surface area contributed by atoms with Gasteiger partial charge in [0.1, 0.15) is 16.6 Å². The molecule has 0 atom stereocenters. The van der Waals surface area contributed by atoms with Crippen molar-refractivity contribution in [3.05, 3.63) is 40.5 Å². The highest BCUT2D eigenvalue weighted by molar-refractivity contribution is 7.11. The van der Waals surface area contributed by atoms with E-state index in [-0.39, 0.29) is 11.8 Å². The highest BCUT2D eigenvalue weighted by atomic mass is 32.1. The number of carbonyl (C=O) groups is 1. The second kappa shape index (κ2) is 6.04. The van der Waals surface area contributed by atoms with Gasteiger partial charge in [0.2, 0.25) is 0 Å². The van der Waals surface area contributed by atoms with Gasteiger partial charge in [-0.25, -0.2) is 4.98 Å². The summed E-state index contributed by atoms with van der Waals surface area (Å²) < 4.78 is 5.16. The molecule has 0 radical (unpaired) electrons. The van der Waals surface area contributed by atoms with Crippen LogP contribution < -0.4 is 10.5 Å². The van der Waals surface area contributed by atoms with Crippen LogP contribution >= 0.6 is 11.3 Å². The summed E-state index contributed by atoms with van der Waals surface area (Å²) in [6.07, 6.45) is 0. The van der Waals surface area contributed by atoms with Crippen molar-refractivity contribution >= 4 is 22.7 Å². The lowest BCUT2D eigenvalue weighted by Crippen LogP contribution is -2.32. The smallest absolute Gasteiger partial charge is 0.188 e. The lowest BCUT2D eigenvalue weighted by molar-refractivity contribution is -0.113. The summed E-state index contributed by atoms with van der Waals surface area (Å²) in [6.45, 7) is 4.37. The number of Topliss-reactive ketones (excluding diaryl/α,β-unsaturated/α-hetero) is 1. The van der Waals surface area contributed by atoms with Gasteiger partial charge in [-0.15, -0.1) is 11.3 Å². The molecule has 120 valence electrons. The number of thiazole rings is 1. The minimum absolute atomic E-state index is 0.0341. The molecular weight excluding hydrogens is 310 g/mol.